The zero-order valence-electron chi connectivity index (χ0n) is 8.09. The van der Waals surface area contributed by atoms with E-state index in [1.807, 2.05) is 0 Å². The number of benzene rings is 1. The number of fused-ring (bicyclic) bond motifs is 1. The number of halogens is 1. The van der Waals surface area contributed by atoms with Gasteiger partial charge in [0.1, 0.15) is 0 Å². The van der Waals surface area contributed by atoms with Crippen molar-refractivity contribution in [3.63, 3.8) is 0 Å². The van der Waals surface area contributed by atoms with E-state index in [1.54, 1.807) is 0 Å². The molecule has 2 heteroatoms. The van der Waals surface area contributed by atoms with Crippen molar-refractivity contribution < 1.29 is 0 Å². The molecular weight excluding hydrogens is 238 g/mol. The Bertz CT molecular complexity index is 382. The molecule has 14 heavy (non-hydrogen) atoms. The zero-order chi connectivity index (χ0) is 9.76. The summed E-state index contributed by atoms with van der Waals surface area (Å²) < 4.78 is 1.27. The fourth-order valence-corrected chi connectivity index (χ4v) is 3.28. The van der Waals surface area contributed by atoms with Crippen LogP contribution in [0.1, 0.15) is 36.3 Å². The van der Waals surface area contributed by atoms with E-state index < -0.39 is 0 Å². The molecule has 1 aromatic carbocycles. The summed E-state index contributed by atoms with van der Waals surface area (Å²) in [7, 11) is 0. The van der Waals surface area contributed by atoms with E-state index in [0.29, 0.717) is 5.92 Å². The summed E-state index contributed by atoms with van der Waals surface area (Å²) in [5.41, 5.74) is 9.44. The Hall–Kier alpha value is -0.340. The minimum atomic E-state index is 0.145. The van der Waals surface area contributed by atoms with E-state index in [4.69, 9.17) is 5.73 Å². The maximum absolute atomic E-state index is 6.30. The highest BCUT2D eigenvalue weighted by Crippen LogP contribution is 2.51. The van der Waals surface area contributed by atoms with Crippen molar-refractivity contribution in [3.8, 4) is 0 Å². The van der Waals surface area contributed by atoms with Crippen LogP contribution in [0.25, 0.3) is 0 Å². The first kappa shape index (κ1) is 8.93. The SMILES string of the molecule is NC1(C2CCc3c(Br)cccc32)CC1. The molecular formula is C12H14BrN. The molecule has 2 aliphatic rings. The van der Waals surface area contributed by atoms with Crippen molar-refractivity contribution >= 4 is 15.9 Å². The molecule has 0 heterocycles. The molecule has 1 fully saturated rings. The van der Waals surface area contributed by atoms with E-state index in [-0.39, 0.29) is 5.54 Å². The molecule has 1 unspecified atom stereocenters. The predicted octanol–water partition coefficient (Wildman–Crippen LogP) is 2.97. The molecule has 0 bridgehead atoms. The summed E-state index contributed by atoms with van der Waals surface area (Å²) in [6.07, 6.45) is 4.86. The summed E-state index contributed by atoms with van der Waals surface area (Å²) in [5, 5.41) is 0. The standard InChI is InChI=1S/C12H14BrN/c13-11-3-1-2-8-9(11)4-5-10(8)12(14)6-7-12/h1-3,10H,4-7,14H2. The second-order valence-electron chi connectivity index (χ2n) is 4.63. The summed E-state index contributed by atoms with van der Waals surface area (Å²) >= 11 is 3.62. The van der Waals surface area contributed by atoms with Crippen molar-refractivity contribution in [2.75, 3.05) is 0 Å². The van der Waals surface area contributed by atoms with Gasteiger partial charge in [-0.1, -0.05) is 28.1 Å². The predicted molar refractivity (Wildman–Crippen MR) is 61.4 cm³/mol. The summed E-state index contributed by atoms with van der Waals surface area (Å²) in [5.74, 6) is 0.620. The molecule has 2 N–H and O–H groups in total. The Labute approximate surface area is 92.8 Å². The van der Waals surface area contributed by atoms with Gasteiger partial charge in [-0.25, -0.2) is 0 Å². The lowest BCUT2D eigenvalue weighted by Crippen LogP contribution is -2.29. The Morgan fingerprint density at radius 1 is 1.36 bits per heavy atom. The Kier molecular flexibility index (Phi) is 1.80. The van der Waals surface area contributed by atoms with Crippen LogP contribution in [0.15, 0.2) is 22.7 Å². The van der Waals surface area contributed by atoms with Crippen molar-refractivity contribution in [3.05, 3.63) is 33.8 Å². The molecule has 0 amide bonds. The Morgan fingerprint density at radius 3 is 2.86 bits per heavy atom. The third-order valence-corrected chi connectivity index (χ3v) is 4.48. The molecule has 1 nitrogen and oxygen atoms in total. The fraction of sp³-hybridized carbons (Fsp3) is 0.500. The van der Waals surface area contributed by atoms with Gasteiger partial charge < -0.3 is 5.73 Å². The minimum Gasteiger partial charge on any atom is -0.325 e. The van der Waals surface area contributed by atoms with Crippen molar-refractivity contribution in [1.82, 2.24) is 0 Å². The van der Waals surface area contributed by atoms with Crippen molar-refractivity contribution in [1.29, 1.82) is 0 Å². The number of hydrogen-bond donors (Lipinski definition) is 1. The smallest absolute Gasteiger partial charge is 0.0225 e. The van der Waals surface area contributed by atoms with Gasteiger partial charge >= 0.3 is 0 Å². The molecule has 0 spiro atoms. The van der Waals surface area contributed by atoms with Crippen LogP contribution in [-0.4, -0.2) is 5.54 Å². The van der Waals surface area contributed by atoms with Gasteiger partial charge in [0.15, 0.2) is 0 Å². The van der Waals surface area contributed by atoms with E-state index in [0.717, 1.165) is 0 Å². The Morgan fingerprint density at radius 2 is 2.14 bits per heavy atom. The van der Waals surface area contributed by atoms with Crippen molar-refractivity contribution in [2.24, 2.45) is 5.73 Å². The molecule has 1 saturated carbocycles. The maximum atomic E-state index is 6.30. The molecule has 2 aliphatic carbocycles. The second kappa shape index (κ2) is 2.83. The fourth-order valence-electron chi connectivity index (χ4n) is 2.70. The molecule has 1 atom stereocenters. The molecule has 1 aromatic rings. The first-order chi connectivity index (χ1) is 6.71. The van der Waals surface area contributed by atoms with Gasteiger partial charge in [0.2, 0.25) is 0 Å². The van der Waals surface area contributed by atoms with Gasteiger partial charge in [0, 0.05) is 15.9 Å². The molecule has 0 aliphatic heterocycles. The lowest BCUT2D eigenvalue weighted by molar-refractivity contribution is 0.516. The molecule has 0 radical (unpaired) electrons. The molecule has 3 rings (SSSR count). The highest BCUT2D eigenvalue weighted by Gasteiger charge is 2.48. The maximum Gasteiger partial charge on any atom is 0.0225 e. The van der Waals surface area contributed by atoms with Crippen LogP contribution in [0.4, 0.5) is 0 Å². The van der Waals surface area contributed by atoms with E-state index >= 15 is 0 Å². The van der Waals surface area contributed by atoms with Gasteiger partial charge in [-0.05, 0) is 42.9 Å². The monoisotopic (exact) mass is 251 g/mol. The van der Waals surface area contributed by atoms with E-state index in [2.05, 4.69) is 34.1 Å². The average Bonchev–Trinajstić information content (AvgIpc) is 2.77. The average molecular weight is 252 g/mol. The minimum absolute atomic E-state index is 0.145. The van der Waals surface area contributed by atoms with Crippen LogP contribution in [0.3, 0.4) is 0 Å². The van der Waals surface area contributed by atoms with Crippen LogP contribution in [0.5, 0.6) is 0 Å². The third-order valence-electron chi connectivity index (χ3n) is 3.73. The first-order valence-corrected chi connectivity index (χ1v) is 6.06. The highest BCUT2D eigenvalue weighted by molar-refractivity contribution is 9.10. The second-order valence-corrected chi connectivity index (χ2v) is 5.49. The van der Waals surface area contributed by atoms with Crippen molar-refractivity contribution in [2.45, 2.75) is 37.1 Å². The van der Waals surface area contributed by atoms with Crippen LogP contribution in [0.2, 0.25) is 0 Å². The zero-order valence-corrected chi connectivity index (χ0v) is 9.68. The first-order valence-electron chi connectivity index (χ1n) is 5.27. The number of rotatable bonds is 1. The lowest BCUT2D eigenvalue weighted by atomic mass is 9.92. The third kappa shape index (κ3) is 1.17. The summed E-state index contributed by atoms with van der Waals surface area (Å²) in [6, 6.07) is 6.52. The van der Waals surface area contributed by atoms with E-state index in [9.17, 15) is 0 Å². The molecule has 0 aromatic heterocycles. The summed E-state index contributed by atoms with van der Waals surface area (Å²) in [4.78, 5) is 0. The number of nitrogens with two attached hydrogens (primary N) is 1. The summed E-state index contributed by atoms with van der Waals surface area (Å²) in [6.45, 7) is 0. The van der Waals surface area contributed by atoms with Crippen LogP contribution >= 0.6 is 15.9 Å². The highest BCUT2D eigenvalue weighted by atomic mass is 79.9. The van der Waals surface area contributed by atoms with Crippen LogP contribution < -0.4 is 5.73 Å². The molecule has 74 valence electrons. The Balaban J connectivity index is 2.06. The van der Waals surface area contributed by atoms with Gasteiger partial charge in [0.05, 0.1) is 0 Å². The topological polar surface area (TPSA) is 26.0 Å². The quantitative estimate of drug-likeness (QED) is 0.817. The largest absolute Gasteiger partial charge is 0.325 e. The number of hydrogen-bond acceptors (Lipinski definition) is 1. The normalized spacial score (nSPS) is 27.4. The van der Waals surface area contributed by atoms with E-state index in [1.165, 1.54) is 41.3 Å². The van der Waals surface area contributed by atoms with Gasteiger partial charge in [-0.15, -0.1) is 0 Å². The van der Waals surface area contributed by atoms with Gasteiger partial charge in [-0.2, -0.15) is 0 Å². The van der Waals surface area contributed by atoms with Gasteiger partial charge in [-0.3, -0.25) is 0 Å². The lowest BCUT2D eigenvalue weighted by Gasteiger charge is -2.19. The van der Waals surface area contributed by atoms with Crippen LogP contribution in [-0.2, 0) is 6.42 Å². The molecule has 0 saturated heterocycles. The van der Waals surface area contributed by atoms with Crippen LogP contribution in [0, 0.1) is 0 Å². The van der Waals surface area contributed by atoms with Gasteiger partial charge in [0.25, 0.3) is 0 Å².